The molecule has 2 aromatic carbocycles. The van der Waals surface area contributed by atoms with Crippen molar-refractivity contribution < 1.29 is 9.72 Å². The number of amides is 1. The highest BCUT2D eigenvalue weighted by Gasteiger charge is 2.22. The number of carbonyl (C=O) groups excluding carboxylic acids is 1. The Bertz CT molecular complexity index is 734. The van der Waals surface area contributed by atoms with E-state index in [0.717, 1.165) is 4.47 Å². The molecule has 0 aromatic heterocycles. The second-order valence-corrected chi connectivity index (χ2v) is 5.63. The van der Waals surface area contributed by atoms with Crippen LogP contribution >= 0.6 is 27.5 Å². The highest BCUT2D eigenvalue weighted by molar-refractivity contribution is 9.10. The molecule has 5 nitrogen and oxygen atoms in total. The molecule has 0 fully saturated rings. The molecule has 7 heteroatoms. The summed E-state index contributed by atoms with van der Waals surface area (Å²) in [6.07, 6.45) is 0. The molecular formula is C14H10BrClN2O3. The lowest BCUT2D eigenvalue weighted by atomic mass is 10.1. The number of aryl methyl sites for hydroxylation is 1. The van der Waals surface area contributed by atoms with Gasteiger partial charge in [0, 0.05) is 10.0 Å². The third kappa shape index (κ3) is 3.40. The van der Waals surface area contributed by atoms with Gasteiger partial charge >= 0.3 is 0 Å². The van der Waals surface area contributed by atoms with Crippen LogP contribution in [0, 0.1) is 17.0 Å². The molecule has 0 atom stereocenters. The molecule has 1 N–H and O–H groups in total. The van der Waals surface area contributed by atoms with Crippen LogP contribution in [0.1, 0.15) is 15.9 Å². The fraction of sp³-hybridized carbons (Fsp3) is 0.0714. The number of anilines is 1. The second-order valence-electron chi connectivity index (χ2n) is 4.31. The molecule has 21 heavy (non-hydrogen) atoms. The van der Waals surface area contributed by atoms with Crippen molar-refractivity contribution in [3.63, 3.8) is 0 Å². The minimum absolute atomic E-state index is 0.000939. The number of nitro benzene ring substituents is 1. The summed E-state index contributed by atoms with van der Waals surface area (Å²) in [5.41, 5.74) is 0.609. The molecule has 2 rings (SSSR count). The zero-order valence-corrected chi connectivity index (χ0v) is 13.2. The Hall–Kier alpha value is -1.92. The van der Waals surface area contributed by atoms with Crippen molar-refractivity contribution in [1.29, 1.82) is 0 Å². The number of hydrogen-bond donors (Lipinski definition) is 1. The Balaban J connectivity index is 2.37. The van der Waals surface area contributed by atoms with Crippen molar-refractivity contribution in [2.45, 2.75) is 6.92 Å². The van der Waals surface area contributed by atoms with Crippen LogP contribution in [-0.4, -0.2) is 10.8 Å². The third-order valence-corrected chi connectivity index (χ3v) is 3.65. The quantitative estimate of drug-likeness (QED) is 0.636. The van der Waals surface area contributed by atoms with Crippen LogP contribution in [0.3, 0.4) is 0 Å². The second kappa shape index (κ2) is 6.24. The molecular weight excluding hydrogens is 360 g/mol. The standard InChI is InChI=1S/C14H10BrClN2O3/c1-8-3-2-4-10(13(8)18(20)21)14(19)17-12-6-5-9(15)7-11(12)16/h2-7H,1H3,(H,17,19). The summed E-state index contributed by atoms with van der Waals surface area (Å²) < 4.78 is 0.770. The molecule has 0 unspecified atom stereocenters. The van der Waals surface area contributed by atoms with Crippen LogP contribution in [0.2, 0.25) is 5.02 Å². The number of hydrogen-bond acceptors (Lipinski definition) is 3. The molecule has 0 saturated heterocycles. The van der Waals surface area contributed by atoms with Gasteiger partial charge in [0.2, 0.25) is 0 Å². The molecule has 108 valence electrons. The van der Waals surface area contributed by atoms with E-state index < -0.39 is 10.8 Å². The molecule has 0 saturated carbocycles. The average Bonchev–Trinajstić information content (AvgIpc) is 2.41. The molecule has 0 aliphatic rings. The maximum Gasteiger partial charge on any atom is 0.285 e. The summed E-state index contributed by atoms with van der Waals surface area (Å²) in [4.78, 5) is 22.8. The molecule has 0 bridgehead atoms. The molecule has 0 aliphatic heterocycles. The summed E-state index contributed by atoms with van der Waals surface area (Å²) in [7, 11) is 0. The Morgan fingerprint density at radius 2 is 2.05 bits per heavy atom. The summed E-state index contributed by atoms with van der Waals surface area (Å²) >= 11 is 9.28. The number of nitro groups is 1. The van der Waals surface area contributed by atoms with Gasteiger partial charge in [0.15, 0.2) is 0 Å². The Kier molecular flexibility index (Phi) is 4.59. The van der Waals surface area contributed by atoms with Gasteiger partial charge < -0.3 is 5.32 Å². The first kappa shape index (κ1) is 15.5. The van der Waals surface area contributed by atoms with Crippen LogP contribution in [0.15, 0.2) is 40.9 Å². The van der Waals surface area contributed by atoms with E-state index in [1.54, 1.807) is 37.3 Å². The van der Waals surface area contributed by atoms with Crippen molar-refractivity contribution in [1.82, 2.24) is 0 Å². The normalized spacial score (nSPS) is 10.2. The lowest BCUT2D eigenvalue weighted by molar-refractivity contribution is -0.385. The monoisotopic (exact) mass is 368 g/mol. The Morgan fingerprint density at radius 3 is 2.67 bits per heavy atom. The topological polar surface area (TPSA) is 72.2 Å². The van der Waals surface area contributed by atoms with Crippen LogP contribution in [-0.2, 0) is 0 Å². The van der Waals surface area contributed by atoms with E-state index in [1.807, 2.05) is 0 Å². The van der Waals surface area contributed by atoms with E-state index >= 15 is 0 Å². The molecule has 0 heterocycles. The molecule has 0 spiro atoms. The van der Waals surface area contributed by atoms with E-state index in [0.29, 0.717) is 16.3 Å². The number of nitrogens with zero attached hydrogens (tertiary/aromatic N) is 1. The van der Waals surface area contributed by atoms with Gasteiger partial charge in [-0.3, -0.25) is 14.9 Å². The smallest absolute Gasteiger partial charge is 0.285 e. The van der Waals surface area contributed by atoms with Gasteiger partial charge in [-0.1, -0.05) is 39.7 Å². The number of nitrogens with one attached hydrogen (secondary N) is 1. The van der Waals surface area contributed by atoms with Gasteiger partial charge in [-0.2, -0.15) is 0 Å². The first-order valence-corrected chi connectivity index (χ1v) is 7.07. The van der Waals surface area contributed by atoms with E-state index in [9.17, 15) is 14.9 Å². The summed E-state index contributed by atoms with van der Waals surface area (Å²) in [6.45, 7) is 1.58. The van der Waals surface area contributed by atoms with E-state index in [1.165, 1.54) is 6.07 Å². The number of carbonyl (C=O) groups is 1. The molecule has 1 amide bonds. The van der Waals surface area contributed by atoms with Gasteiger partial charge in [0.25, 0.3) is 11.6 Å². The first-order valence-electron chi connectivity index (χ1n) is 5.90. The first-order chi connectivity index (χ1) is 9.90. The largest absolute Gasteiger partial charge is 0.320 e. The zero-order chi connectivity index (χ0) is 15.6. The van der Waals surface area contributed by atoms with E-state index in [4.69, 9.17) is 11.6 Å². The fourth-order valence-electron chi connectivity index (χ4n) is 1.87. The van der Waals surface area contributed by atoms with Crippen LogP contribution in [0.5, 0.6) is 0 Å². The number of benzene rings is 2. The van der Waals surface area contributed by atoms with Crippen molar-refractivity contribution in [3.05, 3.63) is 67.1 Å². The predicted octanol–water partition coefficient (Wildman–Crippen LogP) is 4.57. The number of rotatable bonds is 3. The number of halogens is 2. The SMILES string of the molecule is Cc1cccc(C(=O)Nc2ccc(Br)cc2Cl)c1[N+](=O)[O-]. The predicted molar refractivity (Wildman–Crippen MR) is 84.9 cm³/mol. The Morgan fingerprint density at radius 1 is 1.33 bits per heavy atom. The minimum atomic E-state index is -0.574. The van der Waals surface area contributed by atoms with Gasteiger partial charge in [0.1, 0.15) is 5.56 Å². The highest BCUT2D eigenvalue weighted by atomic mass is 79.9. The maximum absolute atomic E-state index is 12.2. The van der Waals surface area contributed by atoms with Crippen molar-refractivity contribution in [3.8, 4) is 0 Å². The lowest BCUT2D eigenvalue weighted by Crippen LogP contribution is -2.14. The van der Waals surface area contributed by atoms with E-state index in [-0.39, 0.29) is 11.3 Å². The zero-order valence-electron chi connectivity index (χ0n) is 10.9. The van der Waals surface area contributed by atoms with E-state index in [2.05, 4.69) is 21.2 Å². The maximum atomic E-state index is 12.2. The van der Waals surface area contributed by atoms with Gasteiger partial charge in [-0.25, -0.2) is 0 Å². The molecule has 0 aliphatic carbocycles. The van der Waals surface area contributed by atoms with Crippen LogP contribution in [0.25, 0.3) is 0 Å². The highest BCUT2D eigenvalue weighted by Crippen LogP contribution is 2.28. The van der Waals surface area contributed by atoms with Crippen molar-refractivity contribution in [2.24, 2.45) is 0 Å². The average molecular weight is 370 g/mol. The summed E-state index contributed by atoms with van der Waals surface area (Å²) in [5, 5.41) is 14.0. The fourth-order valence-corrected chi connectivity index (χ4v) is 2.59. The van der Waals surface area contributed by atoms with Gasteiger partial charge in [0.05, 0.1) is 15.6 Å². The molecule has 2 aromatic rings. The Labute approximate surface area is 134 Å². The van der Waals surface area contributed by atoms with Gasteiger partial charge in [-0.15, -0.1) is 0 Å². The van der Waals surface area contributed by atoms with Crippen LogP contribution < -0.4 is 5.32 Å². The third-order valence-electron chi connectivity index (χ3n) is 2.84. The summed E-state index contributed by atoms with van der Waals surface area (Å²) in [6, 6.07) is 9.55. The van der Waals surface area contributed by atoms with Crippen LogP contribution in [0.4, 0.5) is 11.4 Å². The number of para-hydroxylation sites is 1. The van der Waals surface area contributed by atoms with Gasteiger partial charge in [-0.05, 0) is 31.2 Å². The lowest BCUT2D eigenvalue weighted by Gasteiger charge is -2.09. The van der Waals surface area contributed by atoms with Crippen molar-refractivity contribution >= 4 is 44.8 Å². The minimum Gasteiger partial charge on any atom is -0.320 e. The summed E-state index contributed by atoms with van der Waals surface area (Å²) in [5.74, 6) is -0.574. The van der Waals surface area contributed by atoms with Crippen molar-refractivity contribution in [2.75, 3.05) is 5.32 Å². The molecule has 0 radical (unpaired) electrons.